The van der Waals surface area contributed by atoms with Crippen LogP contribution in [0.2, 0.25) is 0 Å². The van der Waals surface area contributed by atoms with Crippen molar-refractivity contribution < 1.29 is 0 Å². The molecule has 0 unspecified atom stereocenters. The summed E-state index contributed by atoms with van der Waals surface area (Å²) in [5.41, 5.74) is 20.1. The van der Waals surface area contributed by atoms with Crippen molar-refractivity contribution in [2.24, 2.45) is 0 Å². The Morgan fingerprint density at radius 1 is 0.296 bits per heavy atom. The van der Waals surface area contributed by atoms with Gasteiger partial charge in [0.1, 0.15) is 0 Å². The minimum Gasteiger partial charge on any atom is -0.309 e. The lowest BCUT2D eigenvalue weighted by Crippen LogP contribution is -2.04. The molecule has 0 aliphatic rings. The summed E-state index contributed by atoms with van der Waals surface area (Å²) >= 11 is 0. The van der Waals surface area contributed by atoms with Crippen LogP contribution in [0.3, 0.4) is 0 Å². The molecule has 0 saturated carbocycles. The van der Waals surface area contributed by atoms with Gasteiger partial charge >= 0.3 is 0 Å². The molecule has 0 atom stereocenters. The molecule has 71 heavy (non-hydrogen) atoms. The van der Waals surface area contributed by atoms with E-state index in [1.54, 1.807) is 0 Å². The quantitative estimate of drug-likeness (QED) is 0.153. The average molecular weight is 910 g/mol. The molecule has 13 rings (SSSR count). The first-order chi connectivity index (χ1) is 34.9. The van der Waals surface area contributed by atoms with Crippen LogP contribution < -0.4 is 0 Å². The lowest BCUT2D eigenvalue weighted by Gasteiger charge is -2.21. The molecule has 5 heteroatoms. The molecule has 3 aromatic heterocycles. The van der Waals surface area contributed by atoms with Gasteiger partial charge in [-0.1, -0.05) is 181 Å². The van der Waals surface area contributed by atoms with Crippen molar-refractivity contribution in [3.8, 4) is 78.9 Å². The standard InChI is InChI=1S/C66H47N5/c1-42-36-43(2)62(44(3)37-42)49-32-34-60-56(38-49)57-41-51(70-58-30-18-16-28-52(58)53-29-17-19-31-59(53)70)33-35-61(57)71(60)63-54(45-20-8-4-9-21-45)39-50(40-55(63)46-22-10-5-11-23-46)66-68-64(47-24-12-6-13-25-47)67-65(69-66)48-26-14-7-15-27-48/h4-41H,1-3H3. The van der Waals surface area contributed by atoms with E-state index in [1.807, 2.05) is 36.4 Å². The van der Waals surface area contributed by atoms with E-state index < -0.39 is 0 Å². The molecule has 0 fully saturated rings. The van der Waals surface area contributed by atoms with E-state index in [-0.39, 0.29) is 0 Å². The minimum atomic E-state index is 0.602. The SMILES string of the molecule is Cc1cc(C)c(-c2ccc3c(c2)c2cc(-n4c5ccccc5c5ccccc54)ccc2n3-c2c(-c3ccccc3)cc(-c3nc(-c4ccccc4)nc(-c4ccccc4)n3)cc2-c2ccccc2)c(C)c1. The number of benzene rings is 10. The number of rotatable bonds is 8. The van der Waals surface area contributed by atoms with Crippen molar-refractivity contribution in [2.75, 3.05) is 0 Å². The van der Waals surface area contributed by atoms with Crippen molar-refractivity contribution in [1.29, 1.82) is 0 Å². The molecule has 0 amide bonds. The molecule has 0 aliphatic heterocycles. The highest BCUT2D eigenvalue weighted by atomic mass is 15.0. The van der Waals surface area contributed by atoms with E-state index >= 15 is 0 Å². The van der Waals surface area contributed by atoms with Crippen molar-refractivity contribution in [3.05, 3.63) is 247 Å². The molecule has 0 spiro atoms. The first kappa shape index (κ1) is 42.0. The highest BCUT2D eigenvalue weighted by Crippen LogP contribution is 2.46. The first-order valence-corrected chi connectivity index (χ1v) is 24.3. The Morgan fingerprint density at radius 3 is 1.21 bits per heavy atom. The largest absolute Gasteiger partial charge is 0.309 e. The molecule has 5 nitrogen and oxygen atoms in total. The Morgan fingerprint density at radius 2 is 0.704 bits per heavy atom. The van der Waals surface area contributed by atoms with Gasteiger partial charge in [0, 0.05) is 55.0 Å². The predicted molar refractivity (Wildman–Crippen MR) is 295 cm³/mol. The van der Waals surface area contributed by atoms with Crippen LogP contribution in [-0.2, 0) is 0 Å². The van der Waals surface area contributed by atoms with Crippen LogP contribution in [0.5, 0.6) is 0 Å². The van der Waals surface area contributed by atoms with Crippen LogP contribution in [0.1, 0.15) is 16.7 Å². The third-order valence-electron chi connectivity index (χ3n) is 14.0. The number of hydrogen-bond donors (Lipinski definition) is 0. The third kappa shape index (κ3) is 7.21. The number of hydrogen-bond acceptors (Lipinski definition) is 3. The molecule has 0 radical (unpaired) electrons. The number of nitrogens with zero attached hydrogens (tertiary/aromatic N) is 5. The summed E-state index contributed by atoms with van der Waals surface area (Å²) < 4.78 is 4.93. The highest BCUT2D eigenvalue weighted by Gasteiger charge is 2.25. The van der Waals surface area contributed by atoms with E-state index in [4.69, 9.17) is 15.0 Å². The van der Waals surface area contributed by atoms with Crippen LogP contribution in [0.25, 0.3) is 123 Å². The fraction of sp³-hybridized carbons (Fsp3) is 0.0455. The van der Waals surface area contributed by atoms with E-state index in [2.05, 4.69) is 224 Å². The highest BCUT2D eigenvalue weighted by molar-refractivity contribution is 6.14. The van der Waals surface area contributed by atoms with E-state index in [0.29, 0.717) is 17.5 Å². The topological polar surface area (TPSA) is 48.5 Å². The lowest BCUT2D eigenvalue weighted by atomic mass is 9.92. The minimum absolute atomic E-state index is 0.602. The zero-order valence-corrected chi connectivity index (χ0v) is 39.7. The van der Waals surface area contributed by atoms with E-state index in [0.717, 1.165) is 61.4 Å². The van der Waals surface area contributed by atoms with Gasteiger partial charge in [0.25, 0.3) is 0 Å². The number of para-hydroxylation sites is 2. The fourth-order valence-corrected chi connectivity index (χ4v) is 11.0. The molecule has 3 heterocycles. The Bertz CT molecular complexity index is 3980. The van der Waals surface area contributed by atoms with Gasteiger partial charge in [0.05, 0.1) is 27.8 Å². The Kier molecular flexibility index (Phi) is 10.1. The summed E-state index contributed by atoms with van der Waals surface area (Å²) in [6, 6.07) is 82.7. The predicted octanol–water partition coefficient (Wildman–Crippen LogP) is 17.0. The maximum Gasteiger partial charge on any atom is 0.164 e. The fourth-order valence-electron chi connectivity index (χ4n) is 11.0. The maximum atomic E-state index is 5.27. The smallest absolute Gasteiger partial charge is 0.164 e. The second-order valence-electron chi connectivity index (χ2n) is 18.6. The summed E-state index contributed by atoms with van der Waals surface area (Å²) in [6.07, 6.45) is 0. The van der Waals surface area contributed by atoms with Crippen LogP contribution in [0.4, 0.5) is 0 Å². The van der Waals surface area contributed by atoms with Gasteiger partial charge in [0.2, 0.25) is 0 Å². The van der Waals surface area contributed by atoms with Crippen LogP contribution in [0.15, 0.2) is 231 Å². The maximum absolute atomic E-state index is 5.27. The molecular weight excluding hydrogens is 863 g/mol. The van der Waals surface area contributed by atoms with Crippen LogP contribution in [-0.4, -0.2) is 24.1 Å². The van der Waals surface area contributed by atoms with Gasteiger partial charge in [-0.2, -0.15) is 0 Å². The van der Waals surface area contributed by atoms with Gasteiger partial charge in [-0.3, -0.25) is 0 Å². The van der Waals surface area contributed by atoms with Gasteiger partial charge in [-0.05, 0) is 109 Å². The molecule has 10 aromatic carbocycles. The normalized spacial score (nSPS) is 11.6. The second kappa shape index (κ2) is 17.1. The second-order valence-corrected chi connectivity index (χ2v) is 18.6. The molecular formula is C66H47N5. The average Bonchev–Trinajstić information content (AvgIpc) is 3.93. The molecule has 336 valence electrons. The monoisotopic (exact) mass is 909 g/mol. The van der Waals surface area contributed by atoms with Gasteiger partial charge in [0.15, 0.2) is 17.5 Å². The number of aryl methyl sites for hydroxylation is 3. The number of aromatic nitrogens is 5. The Hall–Kier alpha value is -9.19. The summed E-state index contributed by atoms with van der Waals surface area (Å²) in [7, 11) is 0. The van der Waals surface area contributed by atoms with E-state index in [1.165, 1.54) is 60.4 Å². The van der Waals surface area contributed by atoms with Crippen LogP contribution in [0, 0.1) is 20.8 Å². The summed E-state index contributed by atoms with van der Waals surface area (Å²) in [4.78, 5) is 15.6. The molecule has 13 aromatic rings. The van der Waals surface area contributed by atoms with Crippen molar-refractivity contribution in [1.82, 2.24) is 24.1 Å². The Balaban J connectivity index is 1.14. The van der Waals surface area contributed by atoms with E-state index in [9.17, 15) is 0 Å². The molecule has 0 aliphatic carbocycles. The number of fused-ring (bicyclic) bond motifs is 6. The van der Waals surface area contributed by atoms with Crippen molar-refractivity contribution in [2.45, 2.75) is 20.8 Å². The van der Waals surface area contributed by atoms with Crippen molar-refractivity contribution >= 4 is 43.6 Å². The van der Waals surface area contributed by atoms with Gasteiger partial charge in [-0.15, -0.1) is 0 Å². The summed E-state index contributed by atoms with van der Waals surface area (Å²) in [5, 5.41) is 4.83. The van der Waals surface area contributed by atoms with Crippen LogP contribution >= 0.6 is 0 Å². The molecule has 0 N–H and O–H groups in total. The zero-order valence-electron chi connectivity index (χ0n) is 39.7. The Labute approximate surface area is 412 Å². The van der Waals surface area contributed by atoms with Gasteiger partial charge < -0.3 is 9.13 Å². The third-order valence-corrected chi connectivity index (χ3v) is 14.0. The van der Waals surface area contributed by atoms with Gasteiger partial charge in [-0.25, -0.2) is 15.0 Å². The first-order valence-electron chi connectivity index (χ1n) is 24.3. The lowest BCUT2D eigenvalue weighted by molar-refractivity contribution is 1.07. The summed E-state index contributed by atoms with van der Waals surface area (Å²) in [5.74, 6) is 1.85. The summed E-state index contributed by atoms with van der Waals surface area (Å²) in [6.45, 7) is 6.66. The zero-order chi connectivity index (χ0) is 47.6. The van der Waals surface area contributed by atoms with Crippen molar-refractivity contribution in [3.63, 3.8) is 0 Å². The molecule has 0 saturated heterocycles. The molecule has 0 bridgehead atoms.